The minimum Gasteiger partial charge on any atom is -0.328 e. The number of rotatable bonds is 4. The summed E-state index contributed by atoms with van der Waals surface area (Å²) in [5.41, 5.74) is 8.49. The number of nitrogens with two attached hydrogens (primary N) is 1. The van der Waals surface area contributed by atoms with Crippen LogP contribution in [0.15, 0.2) is 16.9 Å². The third kappa shape index (κ3) is 2.35. The Morgan fingerprint density at radius 2 is 2.25 bits per heavy atom. The zero-order valence-electron chi connectivity index (χ0n) is 9.91. The fourth-order valence-corrected chi connectivity index (χ4v) is 2.45. The van der Waals surface area contributed by atoms with Gasteiger partial charge in [0.25, 0.3) is 5.56 Å². The summed E-state index contributed by atoms with van der Waals surface area (Å²) < 4.78 is 1.95. The third-order valence-electron chi connectivity index (χ3n) is 3.29. The number of fused-ring (bicyclic) bond motifs is 1. The van der Waals surface area contributed by atoms with E-state index in [4.69, 9.17) is 5.73 Å². The summed E-state index contributed by atoms with van der Waals surface area (Å²) in [6.45, 7) is 2.84. The molecule has 1 aromatic heterocycles. The van der Waals surface area contributed by atoms with Crippen molar-refractivity contribution < 1.29 is 0 Å². The van der Waals surface area contributed by atoms with Gasteiger partial charge in [-0.15, -0.1) is 0 Å². The van der Waals surface area contributed by atoms with Gasteiger partial charge in [-0.05, 0) is 44.6 Å². The van der Waals surface area contributed by atoms with E-state index in [9.17, 15) is 4.79 Å². The molecule has 0 fully saturated rings. The first-order chi connectivity index (χ1) is 7.68. The van der Waals surface area contributed by atoms with Crippen LogP contribution in [0.5, 0.6) is 0 Å². The van der Waals surface area contributed by atoms with Crippen molar-refractivity contribution in [1.82, 2.24) is 4.57 Å². The van der Waals surface area contributed by atoms with E-state index in [0.717, 1.165) is 32.2 Å². The van der Waals surface area contributed by atoms with Crippen molar-refractivity contribution >= 4 is 0 Å². The van der Waals surface area contributed by atoms with Gasteiger partial charge < -0.3 is 10.3 Å². The minimum absolute atomic E-state index is 0.144. The van der Waals surface area contributed by atoms with Crippen LogP contribution in [0.25, 0.3) is 0 Å². The molecule has 0 saturated carbocycles. The Bertz CT molecular complexity index is 420. The van der Waals surface area contributed by atoms with E-state index in [1.807, 2.05) is 17.6 Å². The van der Waals surface area contributed by atoms with Crippen LogP contribution in [0.3, 0.4) is 0 Å². The van der Waals surface area contributed by atoms with Crippen molar-refractivity contribution in [3.8, 4) is 0 Å². The van der Waals surface area contributed by atoms with E-state index in [2.05, 4.69) is 0 Å². The normalized spacial score (nSPS) is 16.1. The summed E-state index contributed by atoms with van der Waals surface area (Å²) >= 11 is 0. The molecule has 3 heteroatoms. The highest BCUT2D eigenvalue weighted by atomic mass is 16.1. The van der Waals surface area contributed by atoms with Crippen molar-refractivity contribution in [2.45, 2.75) is 51.6 Å². The van der Waals surface area contributed by atoms with Gasteiger partial charge >= 0.3 is 0 Å². The Labute approximate surface area is 96.3 Å². The second kappa shape index (κ2) is 4.83. The molecule has 0 aliphatic heterocycles. The minimum atomic E-state index is 0.144. The molecule has 1 aromatic rings. The van der Waals surface area contributed by atoms with Crippen molar-refractivity contribution in [2.24, 2.45) is 5.73 Å². The molecule has 16 heavy (non-hydrogen) atoms. The maximum atomic E-state index is 11.8. The molecular weight excluding hydrogens is 200 g/mol. The van der Waals surface area contributed by atoms with Gasteiger partial charge in [0, 0.05) is 24.3 Å². The van der Waals surface area contributed by atoms with Crippen molar-refractivity contribution in [3.05, 3.63) is 33.7 Å². The predicted molar refractivity (Wildman–Crippen MR) is 65.6 cm³/mol. The van der Waals surface area contributed by atoms with Crippen molar-refractivity contribution in [1.29, 1.82) is 0 Å². The molecular formula is C13H20N2O. The molecule has 0 aromatic carbocycles. The van der Waals surface area contributed by atoms with Crippen LogP contribution in [0.1, 0.15) is 37.4 Å². The monoisotopic (exact) mass is 220 g/mol. The molecule has 2 rings (SSSR count). The number of nitrogens with zero attached hydrogens (tertiary/aromatic N) is 1. The molecule has 88 valence electrons. The second-order valence-corrected chi connectivity index (χ2v) is 4.77. The zero-order valence-corrected chi connectivity index (χ0v) is 9.91. The van der Waals surface area contributed by atoms with E-state index >= 15 is 0 Å². The molecule has 0 spiro atoms. The summed E-state index contributed by atoms with van der Waals surface area (Å²) in [7, 11) is 0. The summed E-state index contributed by atoms with van der Waals surface area (Å²) in [6.07, 6.45) is 5.35. The summed E-state index contributed by atoms with van der Waals surface area (Å²) in [5, 5.41) is 0. The first kappa shape index (κ1) is 11.4. The van der Waals surface area contributed by atoms with Gasteiger partial charge in [0.2, 0.25) is 0 Å². The summed E-state index contributed by atoms with van der Waals surface area (Å²) in [5.74, 6) is 0. The van der Waals surface area contributed by atoms with Crippen LogP contribution in [0, 0.1) is 0 Å². The van der Waals surface area contributed by atoms with E-state index in [1.54, 1.807) is 6.07 Å². The fourth-order valence-electron chi connectivity index (χ4n) is 2.45. The average Bonchev–Trinajstić information content (AvgIpc) is 2.69. The topological polar surface area (TPSA) is 48.0 Å². The Morgan fingerprint density at radius 1 is 1.44 bits per heavy atom. The lowest BCUT2D eigenvalue weighted by Crippen LogP contribution is -2.24. The number of aromatic nitrogens is 1. The molecule has 0 amide bonds. The highest BCUT2D eigenvalue weighted by Crippen LogP contribution is 2.20. The van der Waals surface area contributed by atoms with Crippen LogP contribution in [-0.2, 0) is 19.4 Å². The smallest absolute Gasteiger partial charge is 0.250 e. The lowest BCUT2D eigenvalue weighted by Gasteiger charge is -2.12. The van der Waals surface area contributed by atoms with Gasteiger partial charge in [-0.25, -0.2) is 0 Å². The van der Waals surface area contributed by atoms with Gasteiger partial charge in [0.05, 0.1) is 0 Å². The standard InChI is InChI=1S/C13H20N2O/c1-10(14)4-3-9-15-12-6-2-5-11(12)7-8-13(15)16/h7-8,10H,2-6,9,14H2,1H3. The maximum absolute atomic E-state index is 11.8. The van der Waals surface area contributed by atoms with Gasteiger partial charge in [-0.2, -0.15) is 0 Å². The summed E-state index contributed by atoms with van der Waals surface area (Å²) in [6, 6.07) is 3.93. The number of hydrogen-bond acceptors (Lipinski definition) is 2. The largest absolute Gasteiger partial charge is 0.328 e. The predicted octanol–water partition coefficient (Wildman–Crippen LogP) is 1.46. The zero-order chi connectivity index (χ0) is 11.5. The number of pyridine rings is 1. The van der Waals surface area contributed by atoms with Crippen LogP contribution in [-0.4, -0.2) is 10.6 Å². The van der Waals surface area contributed by atoms with Gasteiger partial charge in [0.15, 0.2) is 0 Å². The first-order valence-corrected chi connectivity index (χ1v) is 6.15. The summed E-state index contributed by atoms with van der Waals surface area (Å²) in [4.78, 5) is 11.8. The number of aryl methyl sites for hydroxylation is 1. The van der Waals surface area contributed by atoms with Crippen molar-refractivity contribution in [3.63, 3.8) is 0 Å². The molecule has 0 saturated heterocycles. The van der Waals surface area contributed by atoms with Gasteiger partial charge in [-0.3, -0.25) is 4.79 Å². The Kier molecular flexibility index (Phi) is 3.44. The van der Waals surface area contributed by atoms with Crippen LogP contribution < -0.4 is 11.3 Å². The van der Waals surface area contributed by atoms with E-state index in [0.29, 0.717) is 0 Å². The highest BCUT2D eigenvalue weighted by molar-refractivity contribution is 5.25. The molecule has 1 atom stereocenters. The molecule has 3 nitrogen and oxygen atoms in total. The second-order valence-electron chi connectivity index (χ2n) is 4.77. The number of hydrogen-bond donors (Lipinski definition) is 1. The fraction of sp³-hybridized carbons (Fsp3) is 0.615. The van der Waals surface area contributed by atoms with Crippen molar-refractivity contribution in [2.75, 3.05) is 0 Å². The molecule has 1 unspecified atom stereocenters. The molecule has 1 aliphatic rings. The first-order valence-electron chi connectivity index (χ1n) is 6.15. The van der Waals surface area contributed by atoms with Crippen LogP contribution >= 0.6 is 0 Å². The molecule has 1 aliphatic carbocycles. The van der Waals surface area contributed by atoms with Gasteiger partial charge in [0.1, 0.15) is 0 Å². The third-order valence-corrected chi connectivity index (χ3v) is 3.29. The Morgan fingerprint density at radius 3 is 3.00 bits per heavy atom. The molecule has 2 N–H and O–H groups in total. The SMILES string of the molecule is CC(N)CCCn1c2c(ccc1=O)CCC2. The van der Waals surface area contributed by atoms with E-state index in [1.165, 1.54) is 17.7 Å². The Hall–Kier alpha value is -1.09. The van der Waals surface area contributed by atoms with Gasteiger partial charge in [-0.1, -0.05) is 6.07 Å². The van der Waals surface area contributed by atoms with E-state index in [-0.39, 0.29) is 11.6 Å². The maximum Gasteiger partial charge on any atom is 0.250 e. The van der Waals surface area contributed by atoms with Crippen LogP contribution in [0.2, 0.25) is 0 Å². The highest BCUT2D eigenvalue weighted by Gasteiger charge is 2.15. The average molecular weight is 220 g/mol. The lowest BCUT2D eigenvalue weighted by atomic mass is 10.2. The molecule has 0 radical (unpaired) electrons. The molecule has 1 heterocycles. The quantitative estimate of drug-likeness (QED) is 0.835. The van der Waals surface area contributed by atoms with Crippen LogP contribution in [0.4, 0.5) is 0 Å². The Balaban J connectivity index is 2.14. The molecule has 0 bridgehead atoms. The van der Waals surface area contributed by atoms with E-state index < -0.39 is 0 Å². The lowest BCUT2D eigenvalue weighted by molar-refractivity contribution is 0.537.